The number of carboxylic acid groups (broad SMARTS) is 1. The number of amides is 1. The Kier molecular flexibility index (Phi) is 9.78. The number of carboxylic acids is 1. The van der Waals surface area contributed by atoms with Gasteiger partial charge in [0.2, 0.25) is 0 Å². The van der Waals surface area contributed by atoms with Gasteiger partial charge in [-0.15, -0.1) is 0 Å². The van der Waals surface area contributed by atoms with Crippen molar-refractivity contribution >= 4 is 23.2 Å². The Balaban J connectivity index is 1.37. The number of aromatic nitrogens is 2. The summed E-state index contributed by atoms with van der Waals surface area (Å²) in [5, 5.41) is 16.7. The number of allylic oxidation sites excluding steroid dienone is 4. The lowest BCUT2D eigenvalue weighted by Crippen LogP contribution is -2.26. The normalized spacial score (nSPS) is 13.0. The number of rotatable bonds is 12. The van der Waals surface area contributed by atoms with Crippen LogP contribution < -0.4 is 10.1 Å². The van der Waals surface area contributed by atoms with Crippen LogP contribution in [-0.4, -0.2) is 39.7 Å². The Hall–Kier alpha value is -4.33. The maximum absolute atomic E-state index is 12.0. The minimum atomic E-state index is -0.871. The number of benzene rings is 2. The van der Waals surface area contributed by atoms with E-state index < -0.39 is 12.1 Å². The molecule has 1 aliphatic rings. The van der Waals surface area contributed by atoms with Gasteiger partial charge in [0.25, 0.3) is 0 Å². The lowest BCUT2D eigenvalue weighted by atomic mass is 9.92. The van der Waals surface area contributed by atoms with Crippen molar-refractivity contribution in [2.75, 3.05) is 6.61 Å². The van der Waals surface area contributed by atoms with E-state index in [0.29, 0.717) is 25.3 Å². The first kappa shape index (κ1) is 28.7. The highest BCUT2D eigenvalue weighted by Crippen LogP contribution is 2.31. The van der Waals surface area contributed by atoms with Gasteiger partial charge >= 0.3 is 12.1 Å². The van der Waals surface area contributed by atoms with E-state index in [1.165, 1.54) is 16.7 Å². The summed E-state index contributed by atoms with van der Waals surface area (Å²) in [7, 11) is 0. The van der Waals surface area contributed by atoms with E-state index in [1.54, 1.807) is 13.8 Å². The van der Waals surface area contributed by atoms with E-state index in [-0.39, 0.29) is 19.1 Å². The number of aryl methyl sites for hydroxylation is 2. The van der Waals surface area contributed by atoms with Gasteiger partial charge in [0.05, 0.1) is 18.3 Å². The molecule has 4 rings (SSSR count). The van der Waals surface area contributed by atoms with Gasteiger partial charge in [-0.05, 0) is 86.1 Å². The van der Waals surface area contributed by atoms with Gasteiger partial charge in [0.15, 0.2) is 0 Å². The van der Waals surface area contributed by atoms with Crippen molar-refractivity contribution in [2.24, 2.45) is 0 Å². The highest BCUT2D eigenvalue weighted by Gasteiger charge is 2.14. The lowest BCUT2D eigenvalue weighted by molar-refractivity contribution is -0.136. The molecule has 8 nitrogen and oxygen atoms in total. The second-order valence-electron chi connectivity index (χ2n) is 10.1. The molecule has 0 bridgehead atoms. The summed E-state index contributed by atoms with van der Waals surface area (Å²) in [6, 6.07) is 18.1. The monoisotopic (exact) mass is 543 g/mol. The summed E-state index contributed by atoms with van der Waals surface area (Å²) in [6.45, 7) is 6.81. The summed E-state index contributed by atoms with van der Waals surface area (Å²) >= 11 is 0. The van der Waals surface area contributed by atoms with E-state index in [0.717, 1.165) is 35.4 Å². The van der Waals surface area contributed by atoms with Crippen LogP contribution >= 0.6 is 0 Å². The van der Waals surface area contributed by atoms with Gasteiger partial charge in [-0.25, -0.2) is 4.79 Å². The fraction of sp³-hybridized carbons (Fsp3) is 0.344. The predicted octanol–water partition coefficient (Wildman–Crippen LogP) is 6.18. The maximum atomic E-state index is 12.0. The minimum absolute atomic E-state index is 0.00431. The molecule has 8 heteroatoms. The van der Waals surface area contributed by atoms with Crippen molar-refractivity contribution in [1.82, 2.24) is 15.1 Å². The van der Waals surface area contributed by atoms with E-state index in [9.17, 15) is 9.59 Å². The number of carbonyl (C=O) groups is 2. The molecular formula is C32H37N3O5. The number of aliphatic carboxylic acids is 1. The topological polar surface area (TPSA) is 103 Å². The molecule has 40 heavy (non-hydrogen) atoms. The van der Waals surface area contributed by atoms with Gasteiger partial charge < -0.3 is 19.9 Å². The molecule has 0 aliphatic heterocycles. The molecule has 0 fully saturated rings. The number of alkyl carbamates (subject to hydrolysis) is 1. The third-order valence-corrected chi connectivity index (χ3v) is 6.73. The molecule has 210 valence electrons. The summed E-state index contributed by atoms with van der Waals surface area (Å²) in [5.41, 5.74) is 7.53. The third-order valence-electron chi connectivity index (χ3n) is 6.73. The van der Waals surface area contributed by atoms with Crippen molar-refractivity contribution in [1.29, 1.82) is 0 Å². The Bertz CT molecular complexity index is 1390. The molecule has 1 aliphatic carbocycles. The van der Waals surface area contributed by atoms with Crippen LogP contribution in [0, 0.1) is 6.92 Å². The van der Waals surface area contributed by atoms with Crippen LogP contribution in [0.3, 0.4) is 0 Å². The molecule has 0 saturated carbocycles. The van der Waals surface area contributed by atoms with Crippen molar-refractivity contribution in [2.45, 2.75) is 65.6 Å². The first-order valence-corrected chi connectivity index (χ1v) is 13.7. The van der Waals surface area contributed by atoms with E-state index in [1.807, 2.05) is 35.9 Å². The number of nitrogens with one attached hydrogen (secondary N) is 1. The number of nitrogens with zero attached hydrogens (tertiary/aromatic N) is 2. The molecule has 1 heterocycles. The largest absolute Gasteiger partial charge is 0.492 e. The van der Waals surface area contributed by atoms with E-state index >= 15 is 0 Å². The van der Waals surface area contributed by atoms with Crippen LogP contribution in [0.1, 0.15) is 61.2 Å². The van der Waals surface area contributed by atoms with E-state index in [4.69, 9.17) is 19.7 Å². The SMILES string of the molecule is Cc1cc(C2=CC=C(c3ccccc3)CC2)nn1CCOc1ccc(CCC(=O)O)c(CNC(=O)OC(C)C)c1. The Morgan fingerprint density at radius 2 is 1.77 bits per heavy atom. The second-order valence-corrected chi connectivity index (χ2v) is 10.1. The molecule has 0 spiro atoms. The summed E-state index contributed by atoms with van der Waals surface area (Å²) < 4.78 is 13.1. The van der Waals surface area contributed by atoms with Gasteiger partial charge in [0, 0.05) is 18.7 Å². The zero-order valence-corrected chi connectivity index (χ0v) is 23.4. The van der Waals surface area contributed by atoms with Crippen LogP contribution in [0.5, 0.6) is 5.75 Å². The molecule has 0 radical (unpaired) electrons. The summed E-state index contributed by atoms with van der Waals surface area (Å²) in [6.07, 6.45) is 5.92. The molecule has 2 N–H and O–H groups in total. The van der Waals surface area contributed by atoms with Crippen LogP contribution in [0.2, 0.25) is 0 Å². The number of hydrogen-bond donors (Lipinski definition) is 2. The van der Waals surface area contributed by atoms with Crippen LogP contribution in [-0.2, 0) is 29.0 Å². The molecule has 0 atom stereocenters. The smallest absolute Gasteiger partial charge is 0.407 e. The lowest BCUT2D eigenvalue weighted by Gasteiger charge is -2.15. The molecule has 0 saturated heterocycles. The van der Waals surface area contributed by atoms with Gasteiger partial charge in [-0.2, -0.15) is 5.10 Å². The average Bonchev–Trinajstić information content (AvgIpc) is 3.31. The molecule has 3 aromatic rings. The van der Waals surface area contributed by atoms with Crippen molar-refractivity contribution in [3.63, 3.8) is 0 Å². The third kappa shape index (κ3) is 8.09. The average molecular weight is 544 g/mol. The number of hydrogen-bond acceptors (Lipinski definition) is 5. The number of carbonyl (C=O) groups excluding carboxylic acids is 1. The zero-order chi connectivity index (χ0) is 28.5. The van der Waals surface area contributed by atoms with Crippen molar-refractivity contribution in [3.05, 3.63) is 94.8 Å². The first-order chi connectivity index (χ1) is 19.3. The van der Waals surface area contributed by atoms with Crippen LogP contribution in [0.15, 0.2) is 66.7 Å². The zero-order valence-electron chi connectivity index (χ0n) is 23.4. The van der Waals surface area contributed by atoms with E-state index in [2.05, 4.69) is 47.8 Å². The Morgan fingerprint density at radius 1 is 1.02 bits per heavy atom. The quantitative estimate of drug-likeness (QED) is 0.283. The first-order valence-electron chi connectivity index (χ1n) is 13.7. The predicted molar refractivity (Wildman–Crippen MR) is 155 cm³/mol. The van der Waals surface area contributed by atoms with Crippen molar-refractivity contribution < 1.29 is 24.2 Å². The highest BCUT2D eigenvalue weighted by molar-refractivity contribution is 5.77. The fourth-order valence-corrected chi connectivity index (χ4v) is 4.65. The standard InChI is InChI=1S/C32H37N3O5/c1-22(2)40-32(38)33-21-28-20-29(15-13-26(28)14-16-31(36)37)39-18-17-35-23(3)19-30(34-35)27-11-9-25(10-12-27)24-7-5-4-6-8-24/h4-9,11,13,15,19-20,22H,10,12,14,16-18,21H2,1-3H3,(H,33,38)(H,36,37). The van der Waals surface area contributed by atoms with Crippen LogP contribution in [0.25, 0.3) is 11.1 Å². The van der Waals surface area contributed by atoms with Crippen LogP contribution in [0.4, 0.5) is 4.79 Å². The Morgan fingerprint density at radius 3 is 2.48 bits per heavy atom. The molecule has 2 aromatic carbocycles. The molecule has 1 aromatic heterocycles. The molecule has 1 amide bonds. The highest BCUT2D eigenvalue weighted by atomic mass is 16.6. The van der Waals surface area contributed by atoms with Gasteiger partial charge in [-0.3, -0.25) is 9.48 Å². The maximum Gasteiger partial charge on any atom is 0.407 e. The van der Waals surface area contributed by atoms with Gasteiger partial charge in [-0.1, -0.05) is 48.6 Å². The molecule has 0 unspecified atom stereocenters. The number of ether oxygens (including phenoxy) is 2. The van der Waals surface area contributed by atoms with Crippen molar-refractivity contribution in [3.8, 4) is 5.75 Å². The fourth-order valence-electron chi connectivity index (χ4n) is 4.65. The summed E-state index contributed by atoms with van der Waals surface area (Å²) in [5.74, 6) is -0.226. The molecular weight excluding hydrogens is 506 g/mol. The Labute approximate surface area is 235 Å². The summed E-state index contributed by atoms with van der Waals surface area (Å²) in [4.78, 5) is 23.1. The second kappa shape index (κ2) is 13.6. The minimum Gasteiger partial charge on any atom is -0.492 e. The van der Waals surface area contributed by atoms with Gasteiger partial charge in [0.1, 0.15) is 12.4 Å².